The average Bonchev–Trinajstić information content (AvgIpc) is 3.08. The summed E-state index contributed by atoms with van der Waals surface area (Å²) in [5.41, 5.74) is 7.95. The van der Waals surface area contributed by atoms with E-state index in [4.69, 9.17) is 5.73 Å². The average molecular weight is 394 g/mol. The summed E-state index contributed by atoms with van der Waals surface area (Å²) >= 11 is 0. The van der Waals surface area contributed by atoms with Gasteiger partial charge in [0.2, 0.25) is 11.8 Å². The summed E-state index contributed by atoms with van der Waals surface area (Å²) < 4.78 is 0. The molecule has 3 N–H and O–H groups in total. The van der Waals surface area contributed by atoms with Crippen LogP contribution >= 0.6 is 12.4 Å². The first-order chi connectivity index (χ1) is 12.5. The molecular weight excluding hydrogens is 362 g/mol. The van der Waals surface area contributed by atoms with Crippen molar-refractivity contribution in [1.82, 2.24) is 5.32 Å². The van der Waals surface area contributed by atoms with Crippen molar-refractivity contribution in [3.05, 3.63) is 29.8 Å². The molecule has 1 aromatic rings. The van der Waals surface area contributed by atoms with Crippen LogP contribution in [-0.4, -0.2) is 24.9 Å². The Bertz CT molecular complexity index is 659. The number of hydrogen-bond donors (Lipinski definition) is 2. The molecule has 0 aromatic heterocycles. The van der Waals surface area contributed by atoms with E-state index < -0.39 is 0 Å². The van der Waals surface area contributed by atoms with Crippen LogP contribution < -0.4 is 16.0 Å². The fraction of sp³-hybridized carbons (Fsp3) is 0.619. The number of amides is 2. The molecule has 27 heavy (non-hydrogen) atoms. The van der Waals surface area contributed by atoms with Crippen LogP contribution in [0, 0.1) is 5.41 Å². The predicted molar refractivity (Wildman–Crippen MR) is 111 cm³/mol. The van der Waals surface area contributed by atoms with Crippen molar-refractivity contribution in [2.75, 3.05) is 18.0 Å². The Balaban J connectivity index is 0.00000261. The van der Waals surface area contributed by atoms with Crippen LogP contribution in [0.4, 0.5) is 5.69 Å². The number of rotatable bonds is 6. The van der Waals surface area contributed by atoms with Gasteiger partial charge >= 0.3 is 0 Å². The topological polar surface area (TPSA) is 75.4 Å². The molecule has 1 saturated heterocycles. The Hall–Kier alpha value is -1.59. The largest absolute Gasteiger partial charge is 0.350 e. The van der Waals surface area contributed by atoms with Crippen LogP contribution in [0.1, 0.15) is 69.9 Å². The number of nitrogens with two attached hydrogens (primary N) is 1. The van der Waals surface area contributed by atoms with E-state index >= 15 is 0 Å². The minimum atomic E-state index is -0.0847. The molecule has 1 aliphatic heterocycles. The van der Waals surface area contributed by atoms with Crippen LogP contribution in [-0.2, 0) is 9.59 Å². The molecule has 1 heterocycles. The molecule has 5 nitrogen and oxygen atoms in total. The second kappa shape index (κ2) is 9.56. The molecule has 2 amide bonds. The minimum Gasteiger partial charge on any atom is -0.350 e. The molecule has 6 heteroatoms. The van der Waals surface area contributed by atoms with E-state index in [-0.39, 0.29) is 35.7 Å². The summed E-state index contributed by atoms with van der Waals surface area (Å²) in [7, 11) is 0. The third-order valence-corrected chi connectivity index (χ3v) is 6.02. The quantitative estimate of drug-likeness (QED) is 0.773. The fourth-order valence-electron chi connectivity index (χ4n) is 4.35. The second-order valence-electron chi connectivity index (χ2n) is 7.97. The zero-order valence-corrected chi connectivity index (χ0v) is 17.0. The highest BCUT2D eigenvalue weighted by molar-refractivity contribution is 5.95. The lowest BCUT2D eigenvalue weighted by Gasteiger charge is -2.36. The summed E-state index contributed by atoms with van der Waals surface area (Å²) in [5.74, 6) is 0.258. The van der Waals surface area contributed by atoms with Gasteiger partial charge in [-0.2, -0.15) is 0 Å². The fourth-order valence-corrected chi connectivity index (χ4v) is 4.35. The maximum absolute atomic E-state index is 12.6. The first-order valence-electron chi connectivity index (χ1n) is 9.93. The summed E-state index contributed by atoms with van der Waals surface area (Å²) in [6, 6.07) is 7.87. The number of halogens is 1. The first kappa shape index (κ1) is 21.7. The lowest BCUT2D eigenvalue weighted by Crippen LogP contribution is -2.39. The number of nitrogens with zero attached hydrogens (tertiary/aromatic N) is 1. The molecule has 0 radical (unpaired) electrons. The van der Waals surface area contributed by atoms with E-state index in [1.54, 1.807) is 0 Å². The molecule has 2 fully saturated rings. The van der Waals surface area contributed by atoms with Crippen LogP contribution in [0.25, 0.3) is 0 Å². The third-order valence-electron chi connectivity index (χ3n) is 6.02. The van der Waals surface area contributed by atoms with Crippen LogP contribution in [0.3, 0.4) is 0 Å². The number of hydrogen-bond acceptors (Lipinski definition) is 3. The Morgan fingerprint density at radius 1 is 1.26 bits per heavy atom. The minimum absolute atomic E-state index is 0. The van der Waals surface area contributed by atoms with Gasteiger partial charge in [-0.3, -0.25) is 9.59 Å². The van der Waals surface area contributed by atoms with Crippen molar-refractivity contribution in [2.24, 2.45) is 11.1 Å². The van der Waals surface area contributed by atoms with Gasteiger partial charge in [-0.05, 0) is 55.8 Å². The van der Waals surface area contributed by atoms with Gasteiger partial charge in [0.15, 0.2) is 0 Å². The van der Waals surface area contributed by atoms with E-state index in [1.807, 2.05) is 36.1 Å². The smallest absolute Gasteiger partial charge is 0.227 e. The van der Waals surface area contributed by atoms with Crippen molar-refractivity contribution in [2.45, 2.75) is 64.3 Å². The standard InChI is InChI=1S/C21H31N3O2.ClH/c1-16(23-19(25)14-21(15-22)10-3-2-4-11-21)17-7-5-8-18(13-17)24-12-6-9-20(24)26;/h5,7-8,13,16H,2-4,6,9-12,14-15,22H2,1H3,(H,23,25);1H. The zero-order valence-electron chi connectivity index (χ0n) is 16.2. The Labute approximate surface area is 168 Å². The third kappa shape index (κ3) is 5.23. The molecule has 1 atom stereocenters. The van der Waals surface area contributed by atoms with E-state index in [9.17, 15) is 9.59 Å². The zero-order chi connectivity index (χ0) is 18.6. The van der Waals surface area contributed by atoms with E-state index in [2.05, 4.69) is 5.32 Å². The Morgan fingerprint density at radius 2 is 2.00 bits per heavy atom. The summed E-state index contributed by atoms with van der Waals surface area (Å²) in [6.07, 6.45) is 7.75. The van der Waals surface area contributed by atoms with Gasteiger partial charge in [-0.1, -0.05) is 31.4 Å². The molecule has 0 bridgehead atoms. The van der Waals surface area contributed by atoms with Crippen LogP contribution in [0.15, 0.2) is 24.3 Å². The lowest BCUT2D eigenvalue weighted by molar-refractivity contribution is -0.124. The number of nitrogens with one attached hydrogen (secondary N) is 1. The summed E-state index contributed by atoms with van der Waals surface area (Å²) in [5, 5.41) is 3.13. The molecule has 3 rings (SSSR count). The number of carbonyl (C=O) groups is 2. The van der Waals surface area contributed by atoms with E-state index in [0.29, 0.717) is 19.4 Å². The van der Waals surface area contributed by atoms with E-state index in [0.717, 1.165) is 37.1 Å². The van der Waals surface area contributed by atoms with Crippen molar-refractivity contribution in [3.8, 4) is 0 Å². The summed E-state index contributed by atoms with van der Waals surface area (Å²) in [4.78, 5) is 26.4. The van der Waals surface area contributed by atoms with Gasteiger partial charge in [0.05, 0.1) is 6.04 Å². The molecule has 150 valence electrons. The molecule has 1 saturated carbocycles. The van der Waals surface area contributed by atoms with Gasteiger partial charge in [-0.25, -0.2) is 0 Å². The number of benzene rings is 1. The molecule has 1 aromatic carbocycles. The number of carbonyl (C=O) groups excluding carboxylic acids is 2. The summed E-state index contributed by atoms with van der Waals surface area (Å²) in [6.45, 7) is 3.36. The highest BCUT2D eigenvalue weighted by Crippen LogP contribution is 2.38. The highest BCUT2D eigenvalue weighted by Gasteiger charge is 2.33. The molecule has 1 aliphatic carbocycles. The van der Waals surface area contributed by atoms with Crippen molar-refractivity contribution >= 4 is 29.9 Å². The predicted octanol–water partition coefficient (Wildman–Crippen LogP) is 3.71. The van der Waals surface area contributed by atoms with Crippen molar-refractivity contribution in [3.63, 3.8) is 0 Å². The monoisotopic (exact) mass is 393 g/mol. The normalized spacial score (nSPS) is 20.1. The maximum atomic E-state index is 12.6. The van der Waals surface area contributed by atoms with Gasteiger partial charge in [0.1, 0.15) is 0 Å². The maximum Gasteiger partial charge on any atom is 0.227 e. The first-order valence-corrected chi connectivity index (χ1v) is 9.93. The number of anilines is 1. The van der Waals surface area contributed by atoms with Crippen LogP contribution in [0.5, 0.6) is 0 Å². The SMILES string of the molecule is CC(NC(=O)CC1(CN)CCCCC1)c1cccc(N2CCCC2=O)c1.Cl. The van der Waals surface area contributed by atoms with Crippen molar-refractivity contribution in [1.29, 1.82) is 0 Å². The molecular formula is C21H32ClN3O2. The Morgan fingerprint density at radius 3 is 2.63 bits per heavy atom. The highest BCUT2D eigenvalue weighted by atomic mass is 35.5. The van der Waals surface area contributed by atoms with E-state index in [1.165, 1.54) is 19.3 Å². The van der Waals surface area contributed by atoms with Gasteiger partial charge < -0.3 is 16.0 Å². The molecule has 2 aliphatic rings. The lowest BCUT2D eigenvalue weighted by atomic mass is 9.71. The van der Waals surface area contributed by atoms with Gasteiger partial charge in [0.25, 0.3) is 0 Å². The van der Waals surface area contributed by atoms with Crippen LogP contribution in [0.2, 0.25) is 0 Å². The Kier molecular flexibility index (Phi) is 7.68. The molecule has 0 spiro atoms. The van der Waals surface area contributed by atoms with Gasteiger partial charge in [-0.15, -0.1) is 12.4 Å². The molecule has 1 unspecified atom stereocenters. The second-order valence-corrected chi connectivity index (χ2v) is 7.97. The van der Waals surface area contributed by atoms with Crippen molar-refractivity contribution < 1.29 is 9.59 Å². The van der Waals surface area contributed by atoms with Gasteiger partial charge in [0, 0.05) is 25.1 Å².